The molecule has 110 valence electrons. The van der Waals surface area contributed by atoms with Crippen LogP contribution in [0.1, 0.15) is 18.5 Å². The zero-order valence-corrected chi connectivity index (χ0v) is 12.0. The molecule has 0 spiro atoms. The van der Waals surface area contributed by atoms with E-state index in [1.807, 2.05) is 13.0 Å². The number of carbonyl (C=O) groups excluding carboxylic acids is 1. The molecule has 2 aromatic heterocycles. The Hall–Kier alpha value is -2.15. The normalized spacial score (nSPS) is 13.1. The summed E-state index contributed by atoms with van der Waals surface area (Å²) in [7, 11) is 0. The van der Waals surface area contributed by atoms with Gasteiger partial charge in [0.05, 0.1) is 6.20 Å². The number of nitrogens with one attached hydrogen (secondary N) is 1. The van der Waals surface area contributed by atoms with E-state index >= 15 is 0 Å². The zero-order valence-electron chi connectivity index (χ0n) is 11.3. The van der Waals surface area contributed by atoms with Crippen molar-refractivity contribution in [3.63, 3.8) is 0 Å². The molecule has 1 N–H and O–H groups in total. The highest BCUT2D eigenvalue weighted by molar-refractivity contribution is 6.29. The summed E-state index contributed by atoms with van der Waals surface area (Å²) >= 11 is 5.42. The maximum Gasteiger partial charge on any atom is 0.231 e. The zero-order chi connectivity index (χ0) is 15.2. The molecule has 3 rings (SSSR count). The van der Waals surface area contributed by atoms with Crippen molar-refractivity contribution < 1.29 is 9.18 Å². The Kier molecular flexibility index (Phi) is 5.10. The third-order valence-electron chi connectivity index (χ3n) is 2.61. The molecule has 0 atom stereocenters. The van der Waals surface area contributed by atoms with Crippen molar-refractivity contribution in [2.75, 3.05) is 5.32 Å². The molecule has 2 aromatic rings. The minimum absolute atomic E-state index is 0.0494. The van der Waals surface area contributed by atoms with Crippen LogP contribution in [0.5, 0.6) is 0 Å². The maximum absolute atomic E-state index is 12.6. The predicted octanol–water partition coefficient (Wildman–Crippen LogP) is 2.40. The Balaban J connectivity index is 0.000000194. The number of anilines is 1. The summed E-state index contributed by atoms with van der Waals surface area (Å²) < 4.78 is 12.6. The van der Waals surface area contributed by atoms with Crippen LogP contribution in [0.25, 0.3) is 0 Å². The number of aryl methyl sites for hydroxylation is 1. The second-order valence-corrected chi connectivity index (χ2v) is 4.80. The van der Waals surface area contributed by atoms with Gasteiger partial charge in [-0.3, -0.25) is 10.1 Å². The van der Waals surface area contributed by atoms with Crippen LogP contribution >= 0.6 is 11.6 Å². The molecule has 1 fully saturated rings. The van der Waals surface area contributed by atoms with E-state index in [-0.39, 0.29) is 22.9 Å². The van der Waals surface area contributed by atoms with Crippen molar-refractivity contribution in [2.24, 2.45) is 5.92 Å². The van der Waals surface area contributed by atoms with Crippen molar-refractivity contribution in [3.05, 3.63) is 41.5 Å². The smallest absolute Gasteiger partial charge is 0.231 e. The molecule has 0 aromatic carbocycles. The van der Waals surface area contributed by atoms with Crippen LogP contribution in [-0.4, -0.2) is 25.8 Å². The van der Waals surface area contributed by atoms with Crippen molar-refractivity contribution in [2.45, 2.75) is 19.8 Å². The van der Waals surface area contributed by atoms with Gasteiger partial charge in [-0.25, -0.2) is 19.3 Å². The highest BCUT2D eigenvalue weighted by Gasteiger charge is 2.30. The minimum Gasteiger partial charge on any atom is -0.294 e. The molecule has 1 amide bonds. The summed E-state index contributed by atoms with van der Waals surface area (Å²) in [5.41, 5.74) is 1.01. The highest BCUT2D eigenvalue weighted by atomic mass is 35.5. The van der Waals surface area contributed by atoms with E-state index < -0.39 is 5.82 Å². The monoisotopic (exact) mass is 309 g/mol. The average molecular weight is 310 g/mol. The molecule has 1 saturated carbocycles. The van der Waals surface area contributed by atoms with Crippen molar-refractivity contribution in [1.82, 2.24) is 19.9 Å². The van der Waals surface area contributed by atoms with Gasteiger partial charge in [-0.2, -0.15) is 4.98 Å². The van der Waals surface area contributed by atoms with Crippen LogP contribution in [0.3, 0.4) is 0 Å². The number of halogens is 2. The van der Waals surface area contributed by atoms with Crippen LogP contribution < -0.4 is 5.32 Å². The molecule has 8 heteroatoms. The van der Waals surface area contributed by atoms with E-state index in [0.717, 1.165) is 24.7 Å². The molecule has 2 heterocycles. The number of amides is 1. The summed E-state index contributed by atoms with van der Waals surface area (Å²) in [6.07, 6.45) is 5.97. The van der Waals surface area contributed by atoms with Crippen molar-refractivity contribution in [3.8, 4) is 0 Å². The number of rotatable bonds is 2. The predicted molar refractivity (Wildman–Crippen MR) is 75.1 cm³/mol. The number of aromatic nitrogens is 4. The van der Waals surface area contributed by atoms with E-state index in [4.69, 9.17) is 11.6 Å². The van der Waals surface area contributed by atoms with E-state index in [1.54, 1.807) is 6.20 Å². The lowest BCUT2D eigenvalue weighted by atomic mass is 10.4. The van der Waals surface area contributed by atoms with Gasteiger partial charge in [0.1, 0.15) is 6.33 Å². The molecule has 0 bridgehead atoms. The summed E-state index contributed by atoms with van der Waals surface area (Å²) in [5.74, 6) is -0.723. The number of hydrogen-bond donors (Lipinski definition) is 1. The highest BCUT2D eigenvalue weighted by Crippen LogP contribution is 2.29. The first-order valence-corrected chi connectivity index (χ1v) is 6.65. The van der Waals surface area contributed by atoms with Crippen LogP contribution in [0.2, 0.25) is 5.15 Å². The van der Waals surface area contributed by atoms with Crippen molar-refractivity contribution in [1.29, 1.82) is 0 Å². The van der Waals surface area contributed by atoms with E-state index in [0.29, 0.717) is 0 Å². The fraction of sp³-hybridized carbons (Fsp3) is 0.308. The number of hydrogen-bond acceptors (Lipinski definition) is 5. The Labute approximate surface area is 125 Å². The summed E-state index contributed by atoms with van der Waals surface area (Å²) in [6.45, 7) is 1.93. The molecule has 21 heavy (non-hydrogen) atoms. The first-order valence-electron chi connectivity index (χ1n) is 6.28. The quantitative estimate of drug-likeness (QED) is 0.862. The lowest BCUT2D eigenvalue weighted by molar-refractivity contribution is -0.117. The Bertz CT molecular complexity index is 621. The van der Waals surface area contributed by atoms with Gasteiger partial charge in [0, 0.05) is 17.8 Å². The molecule has 0 unspecified atom stereocenters. The Morgan fingerprint density at radius 3 is 2.67 bits per heavy atom. The maximum atomic E-state index is 12.6. The molecule has 0 saturated heterocycles. The van der Waals surface area contributed by atoms with E-state index in [1.165, 1.54) is 6.33 Å². The third kappa shape index (κ3) is 5.03. The standard InChI is InChI=1S/C8H7ClFN3O.C5H6N2/c9-6-5(10)3-11-8(12-6)13-7(14)4-1-2-4;1-5-2-3-6-4-7-5/h3-4H,1-2H2,(H,11,12,13,14);2-4H,1H3. The molecule has 1 aliphatic carbocycles. The number of carbonyl (C=O) groups is 1. The first-order chi connectivity index (χ1) is 10.1. The summed E-state index contributed by atoms with van der Waals surface area (Å²) in [4.78, 5) is 26.0. The minimum atomic E-state index is -0.698. The SMILES string of the molecule is Cc1ccncn1.O=C(Nc1ncc(F)c(Cl)n1)C1CC1. The Morgan fingerprint density at radius 1 is 1.43 bits per heavy atom. The fourth-order valence-electron chi connectivity index (χ4n) is 1.32. The molecule has 0 radical (unpaired) electrons. The largest absolute Gasteiger partial charge is 0.294 e. The van der Waals surface area contributed by atoms with Gasteiger partial charge < -0.3 is 0 Å². The fourth-order valence-corrected chi connectivity index (χ4v) is 1.45. The molecular weight excluding hydrogens is 297 g/mol. The van der Waals surface area contributed by atoms with Crippen molar-refractivity contribution >= 4 is 23.5 Å². The molecule has 6 nitrogen and oxygen atoms in total. The second-order valence-electron chi connectivity index (χ2n) is 4.45. The van der Waals surface area contributed by atoms with Gasteiger partial charge in [0.25, 0.3) is 0 Å². The van der Waals surface area contributed by atoms with Crippen LogP contribution in [0.15, 0.2) is 24.8 Å². The molecule has 0 aliphatic heterocycles. The average Bonchev–Trinajstić information content (AvgIpc) is 3.29. The molecule has 1 aliphatic rings. The van der Waals surface area contributed by atoms with Gasteiger partial charge in [-0.15, -0.1) is 0 Å². The summed E-state index contributed by atoms with van der Waals surface area (Å²) in [6, 6.07) is 1.86. The van der Waals surface area contributed by atoms with Gasteiger partial charge >= 0.3 is 0 Å². The lowest BCUT2D eigenvalue weighted by Gasteiger charge is -2.01. The van der Waals surface area contributed by atoms with Gasteiger partial charge in [0.15, 0.2) is 11.0 Å². The first kappa shape index (κ1) is 15.2. The van der Waals surface area contributed by atoms with E-state index in [9.17, 15) is 9.18 Å². The van der Waals surface area contributed by atoms with Crippen LogP contribution in [-0.2, 0) is 4.79 Å². The third-order valence-corrected chi connectivity index (χ3v) is 2.88. The van der Waals surface area contributed by atoms with Gasteiger partial charge in [-0.1, -0.05) is 11.6 Å². The summed E-state index contributed by atoms with van der Waals surface area (Å²) in [5, 5.41) is 2.17. The second kappa shape index (κ2) is 7.03. The topological polar surface area (TPSA) is 80.7 Å². The van der Waals surface area contributed by atoms with Crippen LogP contribution in [0.4, 0.5) is 10.3 Å². The number of nitrogens with zero attached hydrogens (tertiary/aromatic N) is 4. The van der Waals surface area contributed by atoms with Gasteiger partial charge in [0.2, 0.25) is 11.9 Å². The lowest BCUT2D eigenvalue weighted by Crippen LogP contribution is -2.15. The van der Waals surface area contributed by atoms with Gasteiger partial charge in [-0.05, 0) is 25.8 Å². The van der Waals surface area contributed by atoms with E-state index in [2.05, 4.69) is 25.3 Å². The van der Waals surface area contributed by atoms with Crippen LogP contribution in [0, 0.1) is 18.7 Å². The Morgan fingerprint density at radius 2 is 2.19 bits per heavy atom. The molecular formula is C13H13ClFN5O.